The monoisotopic (exact) mass is 298 g/mol. The first-order valence-corrected chi connectivity index (χ1v) is 7.22. The number of rotatable bonds is 3. The first kappa shape index (κ1) is 13.7. The fraction of sp³-hybridized carbons (Fsp3) is 0.118. The molecule has 1 N–H and O–H groups in total. The Kier molecular flexibility index (Phi) is 3.67. The van der Waals surface area contributed by atoms with E-state index in [2.05, 4.69) is 4.98 Å². The molecule has 3 rings (SSSR count). The summed E-state index contributed by atoms with van der Waals surface area (Å²) in [6, 6.07) is 17.2. The lowest BCUT2D eigenvalue weighted by Gasteiger charge is -2.22. The number of nitrogens with zero attached hydrogens (tertiary/aromatic N) is 1. The Bertz CT molecular complexity index is 824. The number of pyridine rings is 1. The minimum atomic E-state index is -0.0921. The molecule has 0 saturated heterocycles. The van der Waals surface area contributed by atoms with Crippen LogP contribution in [0.3, 0.4) is 0 Å². The van der Waals surface area contributed by atoms with Gasteiger partial charge in [-0.2, -0.15) is 0 Å². The molecule has 0 aliphatic carbocycles. The van der Waals surface area contributed by atoms with Crippen molar-refractivity contribution in [2.24, 2.45) is 0 Å². The van der Waals surface area contributed by atoms with Gasteiger partial charge < -0.3 is 9.88 Å². The Hall–Kier alpha value is -2.26. The molecule has 0 aliphatic heterocycles. The van der Waals surface area contributed by atoms with E-state index in [1.165, 1.54) is 0 Å². The number of aromatic amines is 1. The molecular formula is C17H15ClN2O. The van der Waals surface area contributed by atoms with Gasteiger partial charge in [-0.25, -0.2) is 0 Å². The third kappa shape index (κ3) is 2.65. The van der Waals surface area contributed by atoms with Crippen molar-refractivity contribution in [3.8, 4) is 0 Å². The third-order valence-electron chi connectivity index (χ3n) is 3.48. The van der Waals surface area contributed by atoms with Gasteiger partial charge in [0.15, 0.2) is 0 Å². The standard InChI is InChI=1S/C17H15ClN2O/c1-2-20(14-9-7-13(18)8-10-14)16-11-12-5-3-4-6-15(12)19-17(16)21/h3-11H,2H2,1H3,(H,19,21). The van der Waals surface area contributed by atoms with Crippen molar-refractivity contribution in [2.75, 3.05) is 11.4 Å². The molecule has 1 aromatic heterocycles. The van der Waals surface area contributed by atoms with E-state index < -0.39 is 0 Å². The molecule has 0 spiro atoms. The van der Waals surface area contributed by atoms with Gasteiger partial charge in [-0.15, -0.1) is 0 Å². The van der Waals surface area contributed by atoms with Crippen LogP contribution in [0.2, 0.25) is 5.02 Å². The van der Waals surface area contributed by atoms with Crippen molar-refractivity contribution < 1.29 is 0 Å². The highest BCUT2D eigenvalue weighted by Gasteiger charge is 2.12. The maximum Gasteiger partial charge on any atom is 0.272 e. The Morgan fingerprint density at radius 1 is 1.10 bits per heavy atom. The molecule has 0 unspecified atom stereocenters. The van der Waals surface area contributed by atoms with Crippen molar-refractivity contribution in [3.63, 3.8) is 0 Å². The van der Waals surface area contributed by atoms with Gasteiger partial charge >= 0.3 is 0 Å². The summed E-state index contributed by atoms with van der Waals surface area (Å²) in [6.07, 6.45) is 0. The Balaban J connectivity index is 2.14. The van der Waals surface area contributed by atoms with E-state index >= 15 is 0 Å². The van der Waals surface area contributed by atoms with Crippen LogP contribution >= 0.6 is 11.6 Å². The molecule has 0 fully saturated rings. The quantitative estimate of drug-likeness (QED) is 0.781. The highest BCUT2D eigenvalue weighted by molar-refractivity contribution is 6.30. The maximum absolute atomic E-state index is 12.4. The predicted molar refractivity (Wildman–Crippen MR) is 88.7 cm³/mol. The molecule has 3 nitrogen and oxygen atoms in total. The second-order valence-corrected chi connectivity index (χ2v) is 5.23. The average Bonchev–Trinajstić information content (AvgIpc) is 2.50. The van der Waals surface area contributed by atoms with Crippen LogP contribution in [0.4, 0.5) is 11.4 Å². The highest BCUT2D eigenvalue weighted by Crippen LogP contribution is 2.25. The Labute approximate surface area is 127 Å². The van der Waals surface area contributed by atoms with Crippen molar-refractivity contribution in [3.05, 3.63) is 70.0 Å². The van der Waals surface area contributed by atoms with E-state index in [0.717, 1.165) is 16.6 Å². The van der Waals surface area contributed by atoms with Crippen LogP contribution in [-0.4, -0.2) is 11.5 Å². The molecule has 106 valence electrons. The van der Waals surface area contributed by atoms with E-state index in [0.29, 0.717) is 17.3 Å². The maximum atomic E-state index is 12.4. The molecule has 0 saturated carbocycles. The predicted octanol–water partition coefficient (Wildman–Crippen LogP) is 4.34. The fourth-order valence-electron chi connectivity index (χ4n) is 2.45. The van der Waals surface area contributed by atoms with E-state index in [9.17, 15) is 4.79 Å². The number of benzene rings is 2. The van der Waals surface area contributed by atoms with Crippen molar-refractivity contribution in [2.45, 2.75) is 6.92 Å². The number of nitrogens with one attached hydrogen (secondary N) is 1. The van der Waals surface area contributed by atoms with Crippen LogP contribution in [0.5, 0.6) is 0 Å². The van der Waals surface area contributed by atoms with Crippen molar-refractivity contribution >= 4 is 33.9 Å². The summed E-state index contributed by atoms with van der Waals surface area (Å²) in [7, 11) is 0. The van der Waals surface area contributed by atoms with Gasteiger partial charge in [0.1, 0.15) is 5.69 Å². The summed E-state index contributed by atoms with van der Waals surface area (Å²) < 4.78 is 0. The normalized spacial score (nSPS) is 10.8. The second-order valence-electron chi connectivity index (χ2n) is 4.79. The van der Waals surface area contributed by atoms with E-state index in [1.54, 1.807) is 0 Å². The molecule has 2 aromatic carbocycles. The molecule has 0 radical (unpaired) electrons. The lowest BCUT2D eigenvalue weighted by atomic mass is 10.2. The molecule has 4 heteroatoms. The van der Waals surface area contributed by atoms with Gasteiger partial charge in [-0.1, -0.05) is 29.8 Å². The minimum Gasteiger partial charge on any atom is -0.337 e. The van der Waals surface area contributed by atoms with Crippen LogP contribution in [0.15, 0.2) is 59.4 Å². The first-order valence-electron chi connectivity index (χ1n) is 6.84. The summed E-state index contributed by atoms with van der Waals surface area (Å²) in [4.78, 5) is 17.3. The van der Waals surface area contributed by atoms with Gasteiger partial charge in [0, 0.05) is 28.2 Å². The molecule has 0 aliphatic rings. The summed E-state index contributed by atoms with van der Waals surface area (Å²) in [5.74, 6) is 0. The number of hydrogen-bond donors (Lipinski definition) is 1. The first-order chi connectivity index (χ1) is 10.2. The lowest BCUT2D eigenvalue weighted by molar-refractivity contribution is 1.01. The van der Waals surface area contributed by atoms with Gasteiger partial charge in [0.25, 0.3) is 5.56 Å². The molecule has 3 aromatic rings. The van der Waals surface area contributed by atoms with Crippen LogP contribution in [0.25, 0.3) is 10.9 Å². The number of aromatic nitrogens is 1. The zero-order valence-corrected chi connectivity index (χ0v) is 12.4. The van der Waals surface area contributed by atoms with Gasteiger partial charge in [-0.3, -0.25) is 4.79 Å². The summed E-state index contributed by atoms with van der Waals surface area (Å²) in [5, 5.41) is 1.70. The molecular weight excluding hydrogens is 284 g/mol. The van der Waals surface area contributed by atoms with Crippen LogP contribution in [0, 0.1) is 0 Å². The zero-order chi connectivity index (χ0) is 14.8. The molecule has 0 bridgehead atoms. The Morgan fingerprint density at radius 2 is 1.81 bits per heavy atom. The average molecular weight is 299 g/mol. The second kappa shape index (κ2) is 5.62. The number of fused-ring (bicyclic) bond motifs is 1. The number of H-pyrrole nitrogens is 1. The summed E-state index contributed by atoms with van der Waals surface area (Å²) in [5.41, 5.74) is 2.34. The largest absolute Gasteiger partial charge is 0.337 e. The number of para-hydroxylation sites is 1. The third-order valence-corrected chi connectivity index (χ3v) is 3.73. The molecule has 0 atom stereocenters. The molecule has 21 heavy (non-hydrogen) atoms. The number of anilines is 2. The number of hydrogen-bond acceptors (Lipinski definition) is 2. The van der Waals surface area contributed by atoms with E-state index in [4.69, 9.17) is 11.6 Å². The van der Waals surface area contributed by atoms with Crippen molar-refractivity contribution in [1.82, 2.24) is 4.98 Å². The zero-order valence-electron chi connectivity index (χ0n) is 11.6. The fourth-order valence-corrected chi connectivity index (χ4v) is 2.58. The van der Waals surface area contributed by atoms with Gasteiger partial charge in [0.2, 0.25) is 0 Å². The van der Waals surface area contributed by atoms with Crippen LogP contribution in [-0.2, 0) is 0 Å². The Morgan fingerprint density at radius 3 is 2.52 bits per heavy atom. The number of halogens is 1. The topological polar surface area (TPSA) is 36.1 Å². The van der Waals surface area contributed by atoms with Gasteiger partial charge in [-0.05, 0) is 43.3 Å². The summed E-state index contributed by atoms with van der Waals surface area (Å²) >= 11 is 5.93. The van der Waals surface area contributed by atoms with Gasteiger partial charge in [0.05, 0.1) is 0 Å². The molecule has 0 amide bonds. The smallest absolute Gasteiger partial charge is 0.272 e. The molecule has 1 heterocycles. The minimum absolute atomic E-state index is 0.0921. The SMILES string of the molecule is CCN(c1ccc(Cl)cc1)c1cc2ccccc2[nH]c1=O. The highest BCUT2D eigenvalue weighted by atomic mass is 35.5. The van der Waals surface area contributed by atoms with E-state index in [-0.39, 0.29) is 5.56 Å². The van der Waals surface area contributed by atoms with Crippen LogP contribution in [0.1, 0.15) is 6.92 Å². The van der Waals surface area contributed by atoms with E-state index in [1.807, 2.05) is 66.4 Å². The summed E-state index contributed by atoms with van der Waals surface area (Å²) in [6.45, 7) is 2.71. The van der Waals surface area contributed by atoms with Crippen LogP contribution < -0.4 is 10.5 Å². The van der Waals surface area contributed by atoms with Crippen molar-refractivity contribution in [1.29, 1.82) is 0 Å². The lowest BCUT2D eigenvalue weighted by Crippen LogP contribution is -2.24.